The Bertz CT molecular complexity index is 751. The lowest BCUT2D eigenvalue weighted by Gasteiger charge is -2.12. The van der Waals surface area contributed by atoms with E-state index < -0.39 is 17.9 Å². The molecular formula is C19H15F3O2. The Labute approximate surface area is 138 Å². The lowest BCUT2D eigenvalue weighted by atomic mass is 10.0. The Kier molecular flexibility index (Phi) is 5.67. The molecule has 0 amide bonds. The molecule has 1 N–H and O–H groups in total. The number of hydrogen-bond acceptors (Lipinski definition) is 2. The first-order valence-electron chi connectivity index (χ1n) is 7.07. The molecule has 0 saturated heterocycles. The topological polar surface area (TPSA) is 29.5 Å². The molecule has 0 aromatic heterocycles. The summed E-state index contributed by atoms with van der Waals surface area (Å²) in [6, 6.07) is 14.7. The normalized spacial score (nSPS) is 13.0. The van der Waals surface area contributed by atoms with Crippen molar-refractivity contribution in [3.63, 3.8) is 0 Å². The second-order valence-electron chi connectivity index (χ2n) is 4.93. The zero-order valence-electron chi connectivity index (χ0n) is 12.8. The SMILES string of the molecule is COc1ccc(C#C/C(=C/C(F)(F)F)C(O)c2ccccc2)cc1. The van der Waals surface area contributed by atoms with Crippen molar-refractivity contribution in [2.45, 2.75) is 12.3 Å². The van der Waals surface area contributed by atoms with Crippen LogP contribution in [0.1, 0.15) is 17.2 Å². The van der Waals surface area contributed by atoms with Gasteiger partial charge in [0.1, 0.15) is 11.9 Å². The summed E-state index contributed by atoms with van der Waals surface area (Å²) in [7, 11) is 1.51. The molecule has 0 aliphatic rings. The molecule has 0 radical (unpaired) electrons. The van der Waals surface area contributed by atoms with E-state index in [2.05, 4.69) is 11.8 Å². The maximum absolute atomic E-state index is 12.7. The first kappa shape index (κ1) is 17.6. The number of aliphatic hydroxyl groups is 1. The maximum Gasteiger partial charge on any atom is 0.410 e. The van der Waals surface area contributed by atoms with E-state index in [-0.39, 0.29) is 6.08 Å². The zero-order chi connectivity index (χ0) is 17.6. The van der Waals surface area contributed by atoms with Crippen molar-refractivity contribution in [3.05, 3.63) is 77.4 Å². The number of rotatable bonds is 3. The number of benzene rings is 2. The van der Waals surface area contributed by atoms with E-state index in [1.165, 1.54) is 7.11 Å². The number of ether oxygens (including phenoxy) is 1. The molecule has 0 spiro atoms. The van der Waals surface area contributed by atoms with Crippen LogP contribution in [0.15, 0.2) is 66.2 Å². The predicted octanol–water partition coefficient (Wildman–Crippen LogP) is 4.27. The van der Waals surface area contributed by atoms with Gasteiger partial charge in [-0.1, -0.05) is 42.2 Å². The molecular weight excluding hydrogens is 317 g/mol. The van der Waals surface area contributed by atoms with Crippen molar-refractivity contribution >= 4 is 0 Å². The van der Waals surface area contributed by atoms with Crippen molar-refractivity contribution in [2.24, 2.45) is 0 Å². The van der Waals surface area contributed by atoms with Crippen molar-refractivity contribution in [2.75, 3.05) is 7.11 Å². The fraction of sp³-hybridized carbons (Fsp3) is 0.158. The number of allylic oxidation sites excluding steroid dienone is 1. The monoisotopic (exact) mass is 332 g/mol. The Morgan fingerprint density at radius 3 is 2.25 bits per heavy atom. The van der Waals surface area contributed by atoms with E-state index in [0.29, 0.717) is 16.9 Å². The molecule has 2 nitrogen and oxygen atoms in total. The number of hydrogen-bond donors (Lipinski definition) is 1. The summed E-state index contributed by atoms with van der Waals surface area (Å²) in [5.74, 6) is 5.69. The van der Waals surface area contributed by atoms with Crippen molar-refractivity contribution < 1.29 is 23.0 Å². The van der Waals surface area contributed by atoms with Gasteiger partial charge in [-0.05, 0) is 29.8 Å². The minimum Gasteiger partial charge on any atom is -0.497 e. The third-order valence-corrected chi connectivity index (χ3v) is 3.17. The van der Waals surface area contributed by atoms with Gasteiger partial charge in [0.05, 0.1) is 7.11 Å². The summed E-state index contributed by atoms with van der Waals surface area (Å²) >= 11 is 0. The number of halogens is 3. The van der Waals surface area contributed by atoms with Gasteiger partial charge in [-0.3, -0.25) is 0 Å². The van der Waals surface area contributed by atoms with E-state index in [9.17, 15) is 18.3 Å². The molecule has 2 aromatic rings. The van der Waals surface area contributed by atoms with Crippen LogP contribution in [-0.2, 0) is 0 Å². The number of methoxy groups -OCH3 is 1. The van der Waals surface area contributed by atoms with Gasteiger partial charge in [-0.25, -0.2) is 0 Å². The van der Waals surface area contributed by atoms with Crippen LogP contribution in [0.2, 0.25) is 0 Å². The highest BCUT2D eigenvalue weighted by Crippen LogP contribution is 2.26. The number of aliphatic hydroxyl groups excluding tert-OH is 1. The molecule has 0 aliphatic carbocycles. The summed E-state index contributed by atoms with van der Waals surface area (Å²) in [5.41, 5.74) is 0.450. The molecule has 24 heavy (non-hydrogen) atoms. The molecule has 124 valence electrons. The summed E-state index contributed by atoms with van der Waals surface area (Å²) in [5, 5.41) is 10.2. The van der Waals surface area contributed by atoms with Crippen molar-refractivity contribution in [1.29, 1.82) is 0 Å². The van der Waals surface area contributed by atoms with Crippen LogP contribution in [-0.4, -0.2) is 18.4 Å². The average Bonchev–Trinajstić information content (AvgIpc) is 2.58. The predicted molar refractivity (Wildman–Crippen MR) is 85.4 cm³/mol. The molecule has 0 heterocycles. The summed E-state index contributed by atoms with van der Waals surface area (Å²) in [4.78, 5) is 0. The Morgan fingerprint density at radius 2 is 1.71 bits per heavy atom. The third kappa shape index (κ3) is 5.18. The molecule has 0 aliphatic heterocycles. The van der Waals surface area contributed by atoms with Crippen LogP contribution >= 0.6 is 0 Å². The Balaban J connectivity index is 2.34. The highest BCUT2D eigenvalue weighted by Gasteiger charge is 2.26. The molecule has 2 aromatic carbocycles. The summed E-state index contributed by atoms with van der Waals surface area (Å²) in [6.07, 6.45) is -5.99. The average molecular weight is 332 g/mol. The zero-order valence-corrected chi connectivity index (χ0v) is 12.8. The van der Waals surface area contributed by atoms with Gasteiger partial charge in [0.25, 0.3) is 0 Å². The van der Waals surface area contributed by atoms with E-state index in [4.69, 9.17) is 4.74 Å². The first-order chi connectivity index (χ1) is 11.4. The molecule has 1 atom stereocenters. The maximum atomic E-state index is 12.7. The van der Waals surface area contributed by atoms with Crippen LogP contribution in [0.5, 0.6) is 5.75 Å². The minimum absolute atomic E-state index is 0.0290. The minimum atomic E-state index is -4.57. The van der Waals surface area contributed by atoms with Crippen LogP contribution in [0.3, 0.4) is 0 Å². The summed E-state index contributed by atoms with van der Waals surface area (Å²) in [6.45, 7) is 0. The van der Waals surface area contributed by atoms with Gasteiger partial charge in [0.15, 0.2) is 0 Å². The van der Waals surface area contributed by atoms with Gasteiger partial charge in [-0.2, -0.15) is 13.2 Å². The lowest BCUT2D eigenvalue weighted by Crippen LogP contribution is -2.08. The highest BCUT2D eigenvalue weighted by molar-refractivity contribution is 5.45. The van der Waals surface area contributed by atoms with Crippen molar-refractivity contribution in [1.82, 2.24) is 0 Å². The van der Waals surface area contributed by atoms with E-state index in [1.807, 2.05) is 0 Å². The van der Waals surface area contributed by atoms with Gasteiger partial charge >= 0.3 is 6.18 Å². The fourth-order valence-corrected chi connectivity index (χ4v) is 1.99. The third-order valence-electron chi connectivity index (χ3n) is 3.17. The molecule has 2 rings (SSSR count). The summed E-state index contributed by atoms with van der Waals surface area (Å²) < 4.78 is 43.2. The van der Waals surface area contributed by atoms with Gasteiger partial charge < -0.3 is 9.84 Å². The van der Waals surface area contributed by atoms with E-state index in [0.717, 1.165) is 0 Å². The van der Waals surface area contributed by atoms with Crippen LogP contribution < -0.4 is 4.74 Å². The Hall–Kier alpha value is -2.71. The lowest BCUT2D eigenvalue weighted by molar-refractivity contribution is -0.0810. The van der Waals surface area contributed by atoms with E-state index in [1.54, 1.807) is 54.6 Å². The molecule has 0 saturated carbocycles. The highest BCUT2D eigenvalue weighted by atomic mass is 19.4. The largest absolute Gasteiger partial charge is 0.497 e. The second-order valence-corrected chi connectivity index (χ2v) is 4.93. The Morgan fingerprint density at radius 1 is 1.08 bits per heavy atom. The second kappa shape index (κ2) is 7.71. The van der Waals surface area contributed by atoms with Gasteiger partial charge in [-0.15, -0.1) is 0 Å². The van der Waals surface area contributed by atoms with Crippen molar-refractivity contribution in [3.8, 4) is 17.6 Å². The van der Waals surface area contributed by atoms with Crippen LogP contribution in [0.25, 0.3) is 0 Å². The molecule has 5 heteroatoms. The molecule has 1 unspecified atom stereocenters. The fourth-order valence-electron chi connectivity index (χ4n) is 1.99. The number of alkyl halides is 3. The first-order valence-corrected chi connectivity index (χ1v) is 7.07. The molecule has 0 bridgehead atoms. The molecule has 0 fully saturated rings. The van der Waals surface area contributed by atoms with Crippen LogP contribution in [0, 0.1) is 11.8 Å². The quantitative estimate of drug-likeness (QED) is 0.851. The van der Waals surface area contributed by atoms with Crippen LogP contribution in [0.4, 0.5) is 13.2 Å². The van der Waals surface area contributed by atoms with E-state index >= 15 is 0 Å². The van der Waals surface area contributed by atoms with Gasteiger partial charge in [0.2, 0.25) is 0 Å². The standard InChI is InChI=1S/C19H15F3O2/c1-24-17-11-8-14(9-12-17)7-10-16(13-19(20,21)22)18(23)15-5-3-2-4-6-15/h2-6,8-9,11-13,18,23H,1H3/b16-13-. The van der Waals surface area contributed by atoms with Gasteiger partial charge in [0, 0.05) is 17.2 Å². The smallest absolute Gasteiger partial charge is 0.410 e.